The Morgan fingerprint density at radius 1 is 1.03 bits per heavy atom. The number of ether oxygens (including phenoxy) is 1. The number of phenols is 1. The molecule has 0 bridgehead atoms. The van der Waals surface area contributed by atoms with Gasteiger partial charge < -0.3 is 14.3 Å². The number of aromatic nitrogens is 1. The molecular formula is C24H22N2O5. The van der Waals surface area contributed by atoms with Crippen LogP contribution in [0.3, 0.4) is 0 Å². The van der Waals surface area contributed by atoms with E-state index in [4.69, 9.17) is 9.15 Å². The minimum Gasteiger partial charge on any atom is -0.508 e. The highest BCUT2D eigenvalue weighted by Gasteiger charge is 2.40. The minimum absolute atomic E-state index is 0.00874. The number of oxazole rings is 1. The first-order chi connectivity index (χ1) is 15.1. The molecule has 2 heterocycles. The van der Waals surface area contributed by atoms with Crippen molar-refractivity contribution >= 4 is 24.2 Å². The maximum absolute atomic E-state index is 12.6. The highest BCUT2D eigenvalue weighted by molar-refractivity contribution is 5.99. The van der Waals surface area contributed by atoms with E-state index in [0.29, 0.717) is 24.4 Å². The molecule has 158 valence electrons. The summed E-state index contributed by atoms with van der Waals surface area (Å²) in [6.45, 7) is 0.00874. The first-order valence-corrected chi connectivity index (χ1v) is 10.1. The molecule has 1 N–H and O–H groups in total. The summed E-state index contributed by atoms with van der Waals surface area (Å²) >= 11 is 0. The predicted octanol–water partition coefficient (Wildman–Crippen LogP) is 4.42. The molecule has 1 aliphatic heterocycles. The normalized spacial score (nSPS) is 16.3. The molecule has 0 spiro atoms. The van der Waals surface area contributed by atoms with E-state index in [1.807, 2.05) is 48.5 Å². The number of carbonyl (C=O) groups excluding carboxylic acids is 2. The second-order valence-electron chi connectivity index (χ2n) is 7.28. The Bertz CT molecular complexity index is 1070. The van der Waals surface area contributed by atoms with Crippen molar-refractivity contribution < 1.29 is 23.8 Å². The van der Waals surface area contributed by atoms with E-state index in [-0.39, 0.29) is 18.2 Å². The van der Waals surface area contributed by atoms with E-state index >= 15 is 0 Å². The maximum Gasteiger partial charge on any atom is 0.417 e. The van der Waals surface area contributed by atoms with E-state index in [1.165, 1.54) is 6.26 Å². The molecule has 1 aromatic heterocycles. The molecule has 2 aromatic carbocycles. The third-order valence-corrected chi connectivity index (χ3v) is 4.98. The van der Waals surface area contributed by atoms with Crippen molar-refractivity contribution in [3.8, 4) is 5.75 Å². The molecule has 0 radical (unpaired) electrons. The van der Waals surface area contributed by atoms with Crippen molar-refractivity contribution in [2.75, 3.05) is 0 Å². The summed E-state index contributed by atoms with van der Waals surface area (Å²) in [6.07, 6.45) is 5.43. The first-order valence-electron chi connectivity index (χ1n) is 10.1. The Morgan fingerprint density at radius 2 is 1.81 bits per heavy atom. The van der Waals surface area contributed by atoms with Crippen LogP contribution in [0.5, 0.6) is 5.75 Å². The second-order valence-corrected chi connectivity index (χ2v) is 7.28. The number of nitrogens with zero attached hydrogens (tertiary/aromatic N) is 2. The molecule has 7 nitrogen and oxygen atoms in total. The summed E-state index contributed by atoms with van der Waals surface area (Å²) < 4.78 is 10.7. The van der Waals surface area contributed by atoms with E-state index in [1.54, 1.807) is 18.2 Å². The Balaban J connectivity index is 1.30. The summed E-state index contributed by atoms with van der Waals surface area (Å²) in [5.41, 5.74) is 2.53. The number of cyclic esters (lactones) is 1. The van der Waals surface area contributed by atoms with Crippen LogP contribution < -0.4 is 0 Å². The smallest absolute Gasteiger partial charge is 0.417 e. The van der Waals surface area contributed by atoms with Crippen LogP contribution in [0.2, 0.25) is 0 Å². The molecule has 1 unspecified atom stereocenters. The van der Waals surface area contributed by atoms with Gasteiger partial charge in [0.05, 0.1) is 12.2 Å². The maximum atomic E-state index is 12.6. The number of benzene rings is 2. The number of aryl methyl sites for hydroxylation is 1. The summed E-state index contributed by atoms with van der Waals surface area (Å²) in [5.74, 6) is 0.246. The molecule has 31 heavy (non-hydrogen) atoms. The number of carbonyl (C=O) groups is 2. The third kappa shape index (κ3) is 5.19. The van der Waals surface area contributed by atoms with Gasteiger partial charge in [0, 0.05) is 6.08 Å². The van der Waals surface area contributed by atoms with Gasteiger partial charge in [0.2, 0.25) is 5.89 Å². The van der Waals surface area contributed by atoms with Gasteiger partial charge in [0.15, 0.2) is 6.10 Å². The van der Waals surface area contributed by atoms with E-state index in [9.17, 15) is 14.7 Å². The van der Waals surface area contributed by atoms with Gasteiger partial charge in [-0.25, -0.2) is 14.7 Å². The fourth-order valence-electron chi connectivity index (χ4n) is 3.34. The van der Waals surface area contributed by atoms with Crippen molar-refractivity contribution in [3.63, 3.8) is 0 Å². The van der Waals surface area contributed by atoms with Crippen molar-refractivity contribution in [2.45, 2.75) is 31.9 Å². The lowest BCUT2D eigenvalue weighted by molar-refractivity contribution is -0.130. The van der Waals surface area contributed by atoms with Crippen LogP contribution in [-0.2, 0) is 22.5 Å². The van der Waals surface area contributed by atoms with Crippen molar-refractivity contribution in [2.24, 2.45) is 0 Å². The molecule has 2 amide bonds. The zero-order valence-corrected chi connectivity index (χ0v) is 16.8. The summed E-state index contributed by atoms with van der Waals surface area (Å²) in [7, 11) is 0. The largest absolute Gasteiger partial charge is 0.508 e. The fourth-order valence-corrected chi connectivity index (χ4v) is 3.34. The van der Waals surface area contributed by atoms with Gasteiger partial charge in [-0.2, -0.15) is 0 Å². The number of rotatable bonds is 8. The second kappa shape index (κ2) is 9.30. The molecule has 1 saturated heterocycles. The summed E-state index contributed by atoms with van der Waals surface area (Å²) in [5, 5.41) is 9.33. The lowest BCUT2D eigenvalue weighted by Gasteiger charge is -2.09. The lowest BCUT2D eigenvalue weighted by atomic mass is 10.1. The Hall–Kier alpha value is -3.87. The van der Waals surface area contributed by atoms with Crippen molar-refractivity contribution in [1.82, 2.24) is 9.88 Å². The number of imide groups is 1. The monoisotopic (exact) mass is 418 g/mol. The highest BCUT2D eigenvalue weighted by Crippen LogP contribution is 2.21. The molecule has 4 rings (SSSR count). The topological polar surface area (TPSA) is 92.9 Å². The number of aromatic hydroxyl groups is 1. The van der Waals surface area contributed by atoms with Crippen LogP contribution in [-0.4, -0.2) is 33.1 Å². The number of phenolic OH excluding ortho intramolecular Hbond substituents is 1. The third-order valence-electron chi connectivity index (χ3n) is 4.98. The van der Waals surface area contributed by atoms with E-state index < -0.39 is 12.2 Å². The number of amides is 2. The molecule has 1 fully saturated rings. The first kappa shape index (κ1) is 20.4. The average molecular weight is 418 g/mol. The summed E-state index contributed by atoms with van der Waals surface area (Å²) in [6, 6.07) is 16.6. The molecule has 3 aromatic rings. The quantitative estimate of drug-likeness (QED) is 0.582. The van der Waals surface area contributed by atoms with Gasteiger partial charge in [-0.3, -0.25) is 4.79 Å². The molecule has 1 atom stereocenters. The predicted molar refractivity (Wildman–Crippen MR) is 114 cm³/mol. The lowest BCUT2D eigenvalue weighted by Crippen LogP contribution is -2.31. The molecule has 0 aliphatic carbocycles. The fraction of sp³-hybridized carbons (Fsp3) is 0.208. The van der Waals surface area contributed by atoms with E-state index in [2.05, 4.69) is 4.98 Å². The van der Waals surface area contributed by atoms with Gasteiger partial charge in [0.1, 0.15) is 12.0 Å². The van der Waals surface area contributed by atoms with Crippen LogP contribution in [0, 0.1) is 0 Å². The Morgan fingerprint density at radius 3 is 2.58 bits per heavy atom. The zero-order valence-electron chi connectivity index (χ0n) is 16.8. The highest BCUT2D eigenvalue weighted by atomic mass is 16.6. The number of hydrogen-bond donors (Lipinski definition) is 1. The van der Waals surface area contributed by atoms with Gasteiger partial charge in [-0.05, 0) is 48.6 Å². The molecular weight excluding hydrogens is 396 g/mol. The number of hydrogen-bond acceptors (Lipinski definition) is 6. The van der Waals surface area contributed by atoms with Crippen LogP contribution in [0.15, 0.2) is 65.3 Å². The Labute approximate surface area is 179 Å². The van der Waals surface area contributed by atoms with Gasteiger partial charge >= 0.3 is 6.09 Å². The van der Waals surface area contributed by atoms with Crippen molar-refractivity contribution in [1.29, 1.82) is 0 Å². The minimum atomic E-state index is -0.783. The van der Waals surface area contributed by atoms with Crippen LogP contribution in [0.1, 0.15) is 35.6 Å². The molecule has 1 aliphatic rings. The Kier molecular flexibility index (Phi) is 6.12. The zero-order chi connectivity index (χ0) is 21.6. The van der Waals surface area contributed by atoms with Gasteiger partial charge in [-0.1, -0.05) is 42.5 Å². The van der Waals surface area contributed by atoms with Crippen LogP contribution in [0.25, 0.3) is 12.2 Å². The van der Waals surface area contributed by atoms with Gasteiger partial charge in [-0.15, -0.1) is 0 Å². The van der Waals surface area contributed by atoms with E-state index in [0.717, 1.165) is 22.4 Å². The van der Waals surface area contributed by atoms with Gasteiger partial charge in [0.25, 0.3) is 5.91 Å². The molecule has 7 heteroatoms. The standard InChI is InChI=1S/C24H22N2O5/c27-20-12-9-18(10-13-20)7-4-8-21-23(28)26(24(29)31-21)15-19-16-30-22(25-19)14-11-17-5-2-1-3-6-17/h1-3,5-6,9-14,16,21,27H,4,7-8,15H2/b14-11+. The molecule has 0 saturated carbocycles. The van der Waals surface area contributed by atoms with Crippen LogP contribution >= 0.6 is 0 Å². The van der Waals surface area contributed by atoms with Crippen LogP contribution in [0.4, 0.5) is 4.79 Å². The average Bonchev–Trinajstić information content (AvgIpc) is 3.34. The summed E-state index contributed by atoms with van der Waals surface area (Å²) in [4.78, 5) is 30.1. The van der Waals surface area contributed by atoms with Crippen molar-refractivity contribution in [3.05, 3.63) is 83.6 Å². The SMILES string of the molecule is O=C1OC(CCCc2ccc(O)cc2)C(=O)N1Cc1coc(/C=C/c2ccccc2)n1.